The van der Waals surface area contributed by atoms with Crippen molar-refractivity contribution in [1.82, 2.24) is 4.98 Å². The largest absolute Gasteiger partial charge is 0.396 e. The lowest BCUT2D eigenvalue weighted by Gasteiger charge is -1.97. The number of rotatable bonds is 1. The van der Waals surface area contributed by atoms with E-state index in [0.717, 1.165) is 0 Å². The number of nitrogens with two attached hydrogens (primary N) is 1. The third kappa shape index (κ3) is 1.46. The van der Waals surface area contributed by atoms with Gasteiger partial charge in [-0.25, -0.2) is 9.37 Å². The highest BCUT2D eigenvalue weighted by Gasteiger charge is 2.12. The van der Waals surface area contributed by atoms with E-state index in [-0.39, 0.29) is 5.69 Å². The summed E-state index contributed by atoms with van der Waals surface area (Å²) in [4.78, 5) is 13.8. The Labute approximate surface area is 67.0 Å². The molecule has 1 rings (SSSR count). The molecule has 0 saturated carbocycles. The normalized spacial score (nSPS) is 9.64. The molecule has 0 saturated heterocycles. The second kappa shape index (κ2) is 2.84. The first kappa shape index (κ1) is 7.94. The predicted octanol–water partition coefficient (Wildman–Crippen LogP) is 1.18. The van der Waals surface area contributed by atoms with Gasteiger partial charge in [-0.05, 0) is 17.7 Å². The number of aromatic nitrogens is 1. The number of carbonyl (C=O) groups is 1. The van der Waals surface area contributed by atoms with Crippen LogP contribution in [-0.4, -0.2) is 10.2 Å². The molecular formula is C6H4ClFN2O. The number of hydrogen-bond donors (Lipinski definition) is 1. The second-order valence-electron chi connectivity index (χ2n) is 1.84. The Morgan fingerprint density at radius 2 is 2.36 bits per heavy atom. The summed E-state index contributed by atoms with van der Waals surface area (Å²) in [6.45, 7) is 0. The molecule has 11 heavy (non-hydrogen) atoms. The lowest BCUT2D eigenvalue weighted by molar-refractivity contribution is 0.107. The van der Waals surface area contributed by atoms with E-state index >= 15 is 0 Å². The van der Waals surface area contributed by atoms with E-state index in [4.69, 9.17) is 17.3 Å². The van der Waals surface area contributed by atoms with E-state index in [0.29, 0.717) is 0 Å². The van der Waals surface area contributed by atoms with E-state index in [2.05, 4.69) is 4.98 Å². The van der Waals surface area contributed by atoms with Crippen LogP contribution >= 0.6 is 11.6 Å². The highest BCUT2D eigenvalue weighted by atomic mass is 35.5. The minimum absolute atomic E-state index is 0.135. The van der Waals surface area contributed by atoms with Crippen molar-refractivity contribution in [3.05, 3.63) is 23.8 Å². The van der Waals surface area contributed by atoms with Gasteiger partial charge in [-0.2, -0.15) is 0 Å². The molecule has 1 heterocycles. The van der Waals surface area contributed by atoms with Crippen LogP contribution in [0.4, 0.5) is 10.1 Å². The van der Waals surface area contributed by atoms with Crippen molar-refractivity contribution in [3.8, 4) is 0 Å². The summed E-state index contributed by atoms with van der Waals surface area (Å²) < 4.78 is 12.8. The Bertz CT molecular complexity index is 303. The molecule has 0 spiro atoms. The standard InChI is InChI=1S/C6H4ClFN2O/c7-6(11)5-4(8)3(9)1-2-10-5/h1-2H,(H2,9,10). The van der Waals surface area contributed by atoms with Crippen LogP contribution in [0.5, 0.6) is 0 Å². The molecular weight excluding hydrogens is 171 g/mol. The van der Waals surface area contributed by atoms with Gasteiger partial charge in [-0.15, -0.1) is 0 Å². The molecule has 0 amide bonds. The lowest BCUT2D eigenvalue weighted by atomic mass is 10.3. The molecule has 0 bridgehead atoms. The predicted molar refractivity (Wildman–Crippen MR) is 38.8 cm³/mol. The van der Waals surface area contributed by atoms with Gasteiger partial charge in [0.25, 0.3) is 5.24 Å². The van der Waals surface area contributed by atoms with Gasteiger partial charge in [-0.3, -0.25) is 4.79 Å². The van der Waals surface area contributed by atoms with E-state index in [1.54, 1.807) is 0 Å². The van der Waals surface area contributed by atoms with Gasteiger partial charge in [0.2, 0.25) is 0 Å². The fourth-order valence-corrected chi connectivity index (χ4v) is 0.727. The monoisotopic (exact) mass is 174 g/mol. The molecule has 0 aliphatic rings. The van der Waals surface area contributed by atoms with Crippen molar-refractivity contribution in [2.24, 2.45) is 0 Å². The molecule has 3 nitrogen and oxygen atoms in total. The van der Waals surface area contributed by atoms with Gasteiger partial charge in [0.1, 0.15) is 0 Å². The number of pyridine rings is 1. The summed E-state index contributed by atoms with van der Waals surface area (Å²) in [5, 5.41) is -0.949. The molecule has 1 aromatic rings. The number of halogens is 2. The highest BCUT2D eigenvalue weighted by molar-refractivity contribution is 6.67. The summed E-state index contributed by atoms with van der Waals surface area (Å²) in [5.74, 6) is -0.868. The molecule has 5 heteroatoms. The molecule has 0 aliphatic carbocycles. The van der Waals surface area contributed by atoms with E-state index in [1.165, 1.54) is 12.3 Å². The number of nitrogens with zero attached hydrogens (tertiary/aromatic N) is 1. The molecule has 0 unspecified atom stereocenters. The maximum Gasteiger partial charge on any atom is 0.273 e. The highest BCUT2D eigenvalue weighted by Crippen LogP contribution is 2.13. The zero-order valence-electron chi connectivity index (χ0n) is 5.34. The maximum atomic E-state index is 12.8. The van der Waals surface area contributed by atoms with Crippen molar-refractivity contribution in [3.63, 3.8) is 0 Å². The van der Waals surface area contributed by atoms with Gasteiger partial charge < -0.3 is 5.73 Å². The van der Waals surface area contributed by atoms with Gasteiger partial charge in [0, 0.05) is 6.20 Å². The third-order valence-electron chi connectivity index (χ3n) is 1.11. The average Bonchev–Trinajstić information content (AvgIpc) is 1.94. The number of hydrogen-bond acceptors (Lipinski definition) is 3. The number of carbonyl (C=O) groups excluding carboxylic acids is 1. The van der Waals surface area contributed by atoms with Crippen molar-refractivity contribution in [2.75, 3.05) is 5.73 Å². The fourth-order valence-electron chi connectivity index (χ4n) is 0.596. The van der Waals surface area contributed by atoms with E-state index < -0.39 is 16.8 Å². The van der Waals surface area contributed by atoms with Crippen molar-refractivity contribution < 1.29 is 9.18 Å². The Hall–Kier alpha value is -1.16. The van der Waals surface area contributed by atoms with Gasteiger partial charge >= 0.3 is 0 Å². The first-order chi connectivity index (χ1) is 5.13. The second-order valence-corrected chi connectivity index (χ2v) is 2.18. The Morgan fingerprint density at radius 3 is 2.82 bits per heavy atom. The summed E-state index contributed by atoms with van der Waals surface area (Å²) >= 11 is 4.98. The molecule has 0 fully saturated rings. The van der Waals surface area contributed by atoms with Crippen molar-refractivity contribution in [1.29, 1.82) is 0 Å². The maximum absolute atomic E-state index is 12.8. The fraction of sp³-hybridized carbons (Fsp3) is 0. The molecule has 0 aromatic carbocycles. The quantitative estimate of drug-likeness (QED) is 0.651. The van der Waals surface area contributed by atoms with Crippen LogP contribution in [0.25, 0.3) is 0 Å². The van der Waals surface area contributed by atoms with Crippen LogP contribution in [0, 0.1) is 5.82 Å². The smallest absolute Gasteiger partial charge is 0.273 e. The molecule has 1 aromatic heterocycles. The first-order valence-electron chi connectivity index (χ1n) is 2.72. The molecule has 58 valence electrons. The van der Waals surface area contributed by atoms with Gasteiger partial charge in [0.15, 0.2) is 11.5 Å². The van der Waals surface area contributed by atoms with Crippen LogP contribution in [-0.2, 0) is 0 Å². The summed E-state index contributed by atoms with van der Waals surface area (Å²) in [6, 6.07) is 1.25. The minimum Gasteiger partial charge on any atom is -0.396 e. The summed E-state index contributed by atoms with van der Waals surface area (Å²) in [6.07, 6.45) is 1.22. The number of anilines is 1. The molecule has 0 radical (unpaired) electrons. The van der Waals surface area contributed by atoms with Crippen molar-refractivity contribution >= 4 is 22.5 Å². The van der Waals surface area contributed by atoms with Crippen LogP contribution in [0.3, 0.4) is 0 Å². The van der Waals surface area contributed by atoms with Gasteiger partial charge in [0.05, 0.1) is 5.69 Å². The average molecular weight is 175 g/mol. The van der Waals surface area contributed by atoms with Crippen LogP contribution in [0.1, 0.15) is 10.5 Å². The van der Waals surface area contributed by atoms with E-state index in [1.807, 2.05) is 0 Å². The van der Waals surface area contributed by atoms with E-state index in [9.17, 15) is 9.18 Å². The zero-order chi connectivity index (χ0) is 8.43. The Balaban J connectivity index is 3.27. The molecule has 0 atom stereocenters. The lowest BCUT2D eigenvalue weighted by Crippen LogP contribution is -2.02. The van der Waals surface area contributed by atoms with Crippen molar-refractivity contribution in [2.45, 2.75) is 0 Å². The summed E-state index contributed by atoms with van der Waals surface area (Å²) in [5.41, 5.74) is 4.56. The van der Waals surface area contributed by atoms with Gasteiger partial charge in [-0.1, -0.05) is 0 Å². The molecule has 2 N–H and O–H groups in total. The zero-order valence-corrected chi connectivity index (χ0v) is 6.10. The third-order valence-corrected chi connectivity index (χ3v) is 1.28. The Kier molecular flexibility index (Phi) is 2.05. The topological polar surface area (TPSA) is 56.0 Å². The first-order valence-corrected chi connectivity index (χ1v) is 3.10. The van der Waals surface area contributed by atoms with Crippen LogP contribution in [0.2, 0.25) is 0 Å². The number of nitrogen functional groups attached to an aromatic ring is 1. The van der Waals surface area contributed by atoms with Crippen LogP contribution in [0.15, 0.2) is 12.3 Å². The summed E-state index contributed by atoms with van der Waals surface area (Å²) in [7, 11) is 0. The Morgan fingerprint density at radius 1 is 1.73 bits per heavy atom. The van der Waals surface area contributed by atoms with Crippen LogP contribution < -0.4 is 5.73 Å². The molecule has 0 aliphatic heterocycles. The SMILES string of the molecule is Nc1ccnc(C(=O)Cl)c1F. The minimum atomic E-state index is -0.949.